The summed E-state index contributed by atoms with van der Waals surface area (Å²) >= 11 is 1.39. The first-order chi connectivity index (χ1) is 11.5. The molecule has 1 aromatic carbocycles. The smallest absolute Gasteiger partial charge is 0.237 e. The van der Waals surface area contributed by atoms with Crippen LogP contribution < -0.4 is 5.32 Å². The standard InChI is InChI=1S/C18H24N4OS/c1-5-11-22-12-19-21-18(22)24-14(4)17(23)20-16-9-7-15(8-10-16)13(3)6-2/h5,7-10,12-14H,1,6,11H2,2-4H3,(H,20,23)/t13-,14+/m1/s1. The van der Waals surface area contributed by atoms with Gasteiger partial charge in [-0.3, -0.25) is 4.79 Å². The number of rotatable bonds is 8. The van der Waals surface area contributed by atoms with Crippen molar-refractivity contribution in [2.24, 2.45) is 0 Å². The number of nitrogens with zero attached hydrogens (tertiary/aromatic N) is 3. The Morgan fingerprint density at radius 2 is 2.08 bits per heavy atom. The average molecular weight is 344 g/mol. The Kier molecular flexibility index (Phi) is 6.61. The normalized spacial score (nSPS) is 13.3. The van der Waals surface area contributed by atoms with Gasteiger partial charge in [0.25, 0.3) is 0 Å². The lowest BCUT2D eigenvalue weighted by Gasteiger charge is -2.13. The molecule has 6 heteroatoms. The Bertz CT molecular complexity index is 681. The third kappa shape index (κ3) is 4.71. The van der Waals surface area contributed by atoms with Gasteiger partial charge in [0.15, 0.2) is 5.16 Å². The molecular formula is C18H24N4OS. The molecule has 0 fully saturated rings. The summed E-state index contributed by atoms with van der Waals surface area (Å²) in [5.41, 5.74) is 2.10. The first-order valence-electron chi connectivity index (χ1n) is 8.11. The predicted octanol–water partition coefficient (Wildman–Crippen LogP) is 4.10. The van der Waals surface area contributed by atoms with Crippen molar-refractivity contribution in [1.82, 2.24) is 14.8 Å². The summed E-state index contributed by atoms with van der Waals surface area (Å²) in [6.07, 6.45) is 4.52. The Morgan fingerprint density at radius 3 is 2.71 bits per heavy atom. The van der Waals surface area contributed by atoms with Gasteiger partial charge in [-0.1, -0.05) is 43.8 Å². The van der Waals surface area contributed by atoms with Gasteiger partial charge in [-0.25, -0.2) is 0 Å². The molecule has 2 aromatic rings. The molecule has 2 atom stereocenters. The number of allylic oxidation sites excluding steroid dienone is 1. The molecule has 0 bridgehead atoms. The molecule has 0 spiro atoms. The zero-order valence-electron chi connectivity index (χ0n) is 14.4. The van der Waals surface area contributed by atoms with Gasteiger partial charge >= 0.3 is 0 Å². The molecular weight excluding hydrogens is 320 g/mol. The van der Waals surface area contributed by atoms with Crippen molar-refractivity contribution in [2.75, 3.05) is 5.32 Å². The van der Waals surface area contributed by atoms with E-state index in [0.29, 0.717) is 17.6 Å². The van der Waals surface area contributed by atoms with Gasteiger partial charge in [-0.2, -0.15) is 0 Å². The van der Waals surface area contributed by atoms with Crippen molar-refractivity contribution in [3.05, 3.63) is 48.8 Å². The number of carbonyl (C=O) groups is 1. The number of benzene rings is 1. The number of carbonyl (C=O) groups excluding carboxylic acids is 1. The minimum atomic E-state index is -0.271. The van der Waals surface area contributed by atoms with E-state index in [9.17, 15) is 4.79 Å². The van der Waals surface area contributed by atoms with Gasteiger partial charge in [0.1, 0.15) is 6.33 Å². The molecule has 2 rings (SSSR count). The van der Waals surface area contributed by atoms with Crippen molar-refractivity contribution < 1.29 is 4.79 Å². The van der Waals surface area contributed by atoms with Crippen LogP contribution in [0.15, 0.2) is 48.4 Å². The fourth-order valence-electron chi connectivity index (χ4n) is 2.19. The molecule has 1 amide bonds. The van der Waals surface area contributed by atoms with Crippen LogP contribution in [0.1, 0.15) is 38.7 Å². The lowest BCUT2D eigenvalue weighted by Crippen LogP contribution is -2.22. The van der Waals surface area contributed by atoms with E-state index in [1.165, 1.54) is 17.3 Å². The van der Waals surface area contributed by atoms with Gasteiger partial charge in [0.05, 0.1) is 5.25 Å². The van der Waals surface area contributed by atoms with Crippen LogP contribution in [0.4, 0.5) is 5.69 Å². The fraction of sp³-hybridized carbons (Fsp3) is 0.389. The van der Waals surface area contributed by atoms with E-state index in [4.69, 9.17) is 0 Å². The van der Waals surface area contributed by atoms with Crippen LogP contribution in [0, 0.1) is 0 Å². The number of thioether (sulfide) groups is 1. The van der Waals surface area contributed by atoms with Crippen molar-refractivity contribution >= 4 is 23.4 Å². The summed E-state index contributed by atoms with van der Waals surface area (Å²) in [5, 5.41) is 11.3. The number of hydrogen-bond acceptors (Lipinski definition) is 4. The molecule has 0 radical (unpaired) electrons. The molecule has 24 heavy (non-hydrogen) atoms. The maximum Gasteiger partial charge on any atom is 0.237 e. The Labute approximate surface area is 147 Å². The Hall–Kier alpha value is -2.08. The van der Waals surface area contributed by atoms with Crippen molar-refractivity contribution in [3.63, 3.8) is 0 Å². The highest BCUT2D eigenvalue weighted by atomic mass is 32.2. The number of amides is 1. The molecule has 128 valence electrons. The van der Waals surface area contributed by atoms with Gasteiger partial charge < -0.3 is 9.88 Å². The monoisotopic (exact) mass is 344 g/mol. The molecule has 0 saturated carbocycles. The highest BCUT2D eigenvalue weighted by Gasteiger charge is 2.18. The maximum absolute atomic E-state index is 12.4. The Morgan fingerprint density at radius 1 is 1.38 bits per heavy atom. The number of aromatic nitrogens is 3. The van der Waals surface area contributed by atoms with Gasteiger partial charge in [0.2, 0.25) is 5.91 Å². The summed E-state index contributed by atoms with van der Waals surface area (Å²) in [5.74, 6) is 0.477. The van der Waals surface area contributed by atoms with Gasteiger partial charge in [-0.15, -0.1) is 16.8 Å². The third-order valence-corrected chi connectivity index (χ3v) is 5.01. The van der Waals surface area contributed by atoms with E-state index in [-0.39, 0.29) is 11.2 Å². The van der Waals surface area contributed by atoms with Crippen molar-refractivity contribution in [3.8, 4) is 0 Å². The van der Waals surface area contributed by atoms with Crippen LogP contribution in [0.5, 0.6) is 0 Å². The summed E-state index contributed by atoms with van der Waals surface area (Å²) < 4.78 is 1.86. The first kappa shape index (κ1) is 18.3. The van der Waals surface area contributed by atoms with E-state index in [2.05, 4.69) is 48.1 Å². The number of hydrogen-bond donors (Lipinski definition) is 1. The van der Waals surface area contributed by atoms with Crippen LogP contribution in [0.2, 0.25) is 0 Å². The zero-order valence-corrected chi connectivity index (χ0v) is 15.2. The molecule has 0 saturated heterocycles. The minimum absolute atomic E-state index is 0.0514. The van der Waals surface area contributed by atoms with E-state index in [1.807, 2.05) is 23.6 Å². The van der Waals surface area contributed by atoms with Crippen LogP contribution in [-0.2, 0) is 11.3 Å². The lowest BCUT2D eigenvalue weighted by molar-refractivity contribution is -0.115. The zero-order chi connectivity index (χ0) is 17.5. The predicted molar refractivity (Wildman–Crippen MR) is 99.3 cm³/mol. The van der Waals surface area contributed by atoms with E-state index >= 15 is 0 Å². The van der Waals surface area contributed by atoms with Gasteiger partial charge in [-0.05, 0) is 37.0 Å². The SMILES string of the molecule is C=CCn1cnnc1S[C@@H](C)C(=O)Nc1ccc([C@H](C)CC)cc1. The fourth-order valence-corrected chi connectivity index (χ4v) is 3.02. The molecule has 0 aliphatic heterocycles. The summed E-state index contributed by atoms with van der Waals surface area (Å²) in [6.45, 7) is 10.6. The highest BCUT2D eigenvalue weighted by Crippen LogP contribution is 2.23. The van der Waals surface area contributed by atoms with E-state index < -0.39 is 0 Å². The van der Waals surface area contributed by atoms with Crippen LogP contribution in [0.25, 0.3) is 0 Å². The van der Waals surface area contributed by atoms with Gasteiger partial charge in [0, 0.05) is 12.2 Å². The second-order valence-electron chi connectivity index (χ2n) is 5.74. The van der Waals surface area contributed by atoms with E-state index in [0.717, 1.165) is 12.1 Å². The highest BCUT2D eigenvalue weighted by molar-refractivity contribution is 8.00. The van der Waals surface area contributed by atoms with Crippen molar-refractivity contribution in [1.29, 1.82) is 0 Å². The maximum atomic E-state index is 12.4. The van der Waals surface area contributed by atoms with E-state index in [1.54, 1.807) is 12.4 Å². The average Bonchev–Trinajstić information content (AvgIpc) is 3.02. The number of anilines is 1. The Balaban J connectivity index is 1.96. The minimum Gasteiger partial charge on any atom is -0.325 e. The topological polar surface area (TPSA) is 59.8 Å². The summed E-state index contributed by atoms with van der Waals surface area (Å²) in [7, 11) is 0. The van der Waals surface area contributed by atoms with Crippen LogP contribution >= 0.6 is 11.8 Å². The molecule has 1 aromatic heterocycles. The van der Waals surface area contributed by atoms with Crippen LogP contribution in [0.3, 0.4) is 0 Å². The molecule has 0 aliphatic rings. The summed E-state index contributed by atoms with van der Waals surface area (Å²) in [6, 6.07) is 8.05. The summed E-state index contributed by atoms with van der Waals surface area (Å²) in [4.78, 5) is 12.4. The third-order valence-electron chi connectivity index (χ3n) is 3.92. The first-order valence-corrected chi connectivity index (χ1v) is 8.99. The number of nitrogens with one attached hydrogen (secondary N) is 1. The quantitative estimate of drug-likeness (QED) is 0.578. The molecule has 5 nitrogen and oxygen atoms in total. The molecule has 0 aliphatic carbocycles. The second-order valence-corrected chi connectivity index (χ2v) is 7.04. The largest absolute Gasteiger partial charge is 0.325 e. The molecule has 0 unspecified atom stereocenters. The van der Waals surface area contributed by atoms with Crippen LogP contribution in [-0.4, -0.2) is 25.9 Å². The molecule has 1 N–H and O–H groups in total. The molecule has 1 heterocycles. The second kappa shape index (κ2) is 8.68. The van der Waals surface area contributed by atoms with Crippen molar-refractivity contribution in [2.45, 2.75) is 50.1 Å². The lowest BCUT2D eigenvalue weighted by atomic mass is 9.99.